The smallest absolute Gasteiger partial charge is 0.284 e. The summed E-state index contributed by atoms with van der Waals surface area (Å²) in [6.45, 7) is 10.0. The number of anilines is 1. The molecule has 0 atom stereocenters. The molecule has 1 fully saturated rings. The SMILES string of the molecule is CC(C)N1C(=O)N(c2ccc(Cl)c(Cl)c2)CSC1=NC(C)(C)C. The minimum absolute atomic E-state index is 0.0154. The van der Waals surface area contributed by atoms with Crippen LogP contribution in [0, 0.1) is 0 Å². The second-order valence-corrected chi connectivity index (χ2v) is 8.34. The van der Waals surface area contributed by atoms with Gasteiger partial charge in [-0.3, -0.25) is 14.8 Å². The van der Waals surface area contributed by atoms with E-state index >= 15 is 0 Å². The lowest BCUT2D eigenvalue weighted by Gasteiger charge is -2.38. The van der Waals surface area contributed by atoms with Crippen LogP contribution in [0.15, 0.2) is 23.2 Å². The number of amides is 2. The van der Waals surface area contributed by atoms with Crippen molar-refractivity contribution in [3.8, 4) is 0 Å². The van der Waals surface area contributed by atoms with Crippen LogP contribution >= 0.6 is 35.0 Å². The van der Waals surface area contributed by atoms with Crippen LogP contribution in [0.1, 0.15) is 34.6 Å². The molecular formula is C16H21Cl2N3OS. The monoisotopic (exact) mass is 373 g/mol. The average Bonchev–Trinajstić information content (AvgIpc) is 2.40. The fourth-order valence-corrected chi connectivity index (χ4v) is 3.67. The standard InChI is InChI=1S/C16H21Cl2N3OS/c1-10(2)21-14(19-16(3,4)5)23-9-20(15(21)22)11-6-7-12(17)13(18)8-11/h6-8,10H,9H2,1-5H3. The quantitative estimate of drug-likeness (QED) is 0.686. The van der Waals surface area contributed by atoms with Crippen molar-refractivity contribution in [3.05, 3.63) is 28.2 Å². The number of carbonyl (C=O) groups is 1. The van der Waals surface area contributed by atoms with Gasteiger partial charge in [-0.2, -0.15) is 0 Å². The van der Waals surface area contributed by atoms with Crippen molar-refractivity contribution in [2.75, 3.05) is 10.8 Å². The van der Waals surface area contributed by atoms with Crippen LogP contribution in [-0.2, 0) is 0 Å². The van der Waals surface area contributed by atoms with E-state index in [1.807, 2.05) is 34.6 Å². The van der Waals surface area contributed by atoms with Gasteiger partial charge in [0.05, 0.1) is 21.5 Å². The summed E-state index contributed by atoms with van der Waals surface area (Å²) < 4.78 is 0. The van der Waals surface area contributed by atoms with Gasteiger partial charge in [0.25, 0.3) is 0 Å². The summed E-state index contributed by atoms with van der Waals surface area (Å²) in [5, 5.41) is 1.67. The van der Waals surface area contributed by atoms with Crippen molar-refractivity contribution >= 4 is 51.8 Å². The summed E-state index contributed by atoms with van der Waals surface area (Å²) in [5.74, 6) is 0.495. The third-order valence-corrected chi connectivity index (χ3v) is 4.80. The summed E-state index contributed by atoms with van der Waals surface area (Å²) in [4.78, 5) is 21.0. The second-order valence-electron chi connectivity index (χ2n) is 6.61. The van der Waals surface area contributed by atoms with Gasteiger partial charge >= 0.3 is 6.03 Å². The molecule has 7 heteroatoms. The molecule has 2 amide bonds. The van der Waals surface area contributed by atoms with Crippen molar-refractivity contribution < 1.29 is 4.79 Å². The van der Waals surface area contributed by atoms with Crippen LogP contribution in [0.3, 0.4) is 0 Å². The Bertz CT molecular complexity index is 641. The Morgan fingerprint density at radius 3 is 2.39 bits per heavy atom. The highest BCUT2D eigenvalue weighted by atomic mass is 35.5. The summed E-state index contributed by atoms with van der Waals surface area (Å²) in [5.41, 5.74) is 0.499. The molecule has 0 N–H and O–H groups in total. The predicted molar refractivity (Wildman–Crippen MR) is 101 cm³/mol. The van der Waals surface area contributed by atoms with E-state index in [-0.39, 0.29) is 17.6 Å². The van der Waals surface area contributed by atoms with E-state index in [1.54, 1.807) is 39.8 Å². The first-order chi connectivity index (χ1) is 10.6. The van der Waals surface area contributed by atoms with Crippen molar-refractivity contribution in [2.45, 2.75) is 46.2 Å². The predicted octanol–water partition coefficient (Wildman–Crippen LogP) is 5.49. The maximum absolute atomic E-state index is 12.9. The minimum Gasteiger partial charge on any atom is -0.284 e. The molecule has 1 aliphatic heterocycles. The fourth-order valence-electron chi connectivity index (χ4n) is 2.11. The molecule has 1 heterocycles. The highest BCUT2D eigenvalue weighted by Gasteiger charge is 2.34. The number of hydrogen-bond acceptors (Lipinski definition) is 3. The van der Waals surface area contributed by atoms with Crippen molar-refractivity contribution in [1.29, 1.82) is 0 Å². The van der Waals surface area contributed by atoms with Gasteiger partial charge in [-0.15, -0.1) is 0 Å². The number of halogens is 2. The molecule has 1 aromatic carbocycles. The number of amidine groups is 1. The molecule has 4 nitrogen and oxygen atoms in total. The number of aliphatic imine (C=N–C) groups is 1. The first kappa shape index (κ1) is 18.4. The van der Waals surface area contributed by atoms with Crippen LogP contribution in [0.25, 0.3) is 0 Å². The average molecular weight is 374 g/mol. The Morgan fingerprint density at radius 2 is 1.87 bits per heavy atom. The lowest BCUT2D eigenvalue weighted by atomic mass is 10.1. The van der Waals surface area contributed by atoms with E-state index in [2.05, 4.69) is 0 Å². The van der Waals surface area contributed by atoms with E-state index in [4.69, 9.17) is 28.2 Å². The Balaban J connectivity index is 2.36. The van der Waals surface area contributed by atoms with Crippen LogP contribution < -0.4 is 4.90 Å². The van der Waals surface area contributed by atoms with E-state index in [0.717, 1.165) is 10.9 Å². The molecule has 0 bridgehead atoms. The molecule has 1 saturated heterocycles. The van der Waals surface area contributed by atoms with Gasteiger partial charge < -0.3 is 0 Å². The van der Waals surface area contributed by atoms with E-state index in [0.29, 0.717) is 15.9 Å². The van der Waals surface area contributed by atoms with Gasteiger partial charge in [0.15, 0.2) is 5.17 Å². The summed E-state index contributed by atoms with van der Waals surface area (Å²) >= 11 is 13.6. The largest absolute Gasteiger partial charge is 0.331 e. The third kappa shape index (κ3) is 4.34. The number of nitrogens with zero attached hydrogens (tertiary/aromatic N) is 3. The maximum atomic E-state index is 12.9. The molecule has 1 aromatic rings. The normalized spacial score (nSPS) is 18.3. The lowest BCUT2D eigenvalue weighted by molar-refractivity contribution is 0.220. The van der Waals surface area contributed by atoms with E-state index in [1.165, 1.54) is 0 Å². The van der Waals surface area contributed by atoms with Crippen LogP contribution in [0.4, 0.5) is 10.5 Å². The van der Waals surface area contributed by atoms with Gasteiger partial charge in [-0.25, -0.2) is 4.79 Å². The molecule has 0 unspecified atom stereocenters. The molecule has 0 saturated carbocycles. The minimum atomic E-state index is -0.235. The number of hydrogen-bond donors (Lipinski definition) is 0. The topological polar surface area (TPSA) is 35.9 Å². The first-order valence-corrected chi connectivity index (χ1v) is 9.13. The highest BCUT2D eigenvalue weighted by molar-refractivity contribution is 8.14. The van der Waals surface area contributed by atoms with Crippen LogP contribution in [-0.4, -0.2) is 33.6 Å². The van der Waals surface area contributed by atoms with Gasteiger partial charge in [0.1, 0.15) is 0 Å². The third-order valence-electron chi connectivity index (χ3n) is 3.13. The van der Waals surface area contributed by atoms with Gasteiger partial charge in [0, 0.05) is 11.7 Å². The molecule has 0 spiro atoms. The first-order valence-electron chi connectivity index (χ1n) is 7.38. The summed E-state index contributed by atoms with van der Waals surface area (Å²) in [6, 6.07) is 5.14. The zero-order valence-corrected chi connectivity index (χ0v) is 16.3. The summed E-state index contributed by atoms with van der Waals surface area (Å²) in [6.07, 6.45) is 0. The van der Waals surface area contributed by atoms with Crippen molar-refractivity contribution in [1.82, 2.24) is 4.90 Å². The van der Waals surface area contributed by atoms with E-state index in [9.17, 15) is 4.79 Å². The van der Waals surface area contributed by atoms with Crippen LogP contribution in [0.2, 0.25) is 10.0 Å². The number of benzene rings is 1. The lowest BCUT2D eigenvalue weighted by Crippen LogP contribution is -2.53. The molecule has 2 rings (SSSR count). The fraction of sp³-hybridized carbons (Fsp3) is 0.500. The van der Waals surface area contributed by atoms with E-state index < -0.39 is 0 Å². The highest BCUT2D eigenvalue weighted by Crippen LogP contribution is 2.32. The Hall–Kier alpha value is -0.910. The molecule has 0 aliphatic carbocycles. The summed E-state index contributed by atoms with van der Waals surface area (Å²) in [7, 11) is 0. The number of carbonyl (C=O) groups excluding carboxylic acids is 1. The molecule has 0 aromatic heterocycles. The zero-order valence-electron chi connectivity index (χ0n) is 13.9. The molecule has 0 radical (unpaired) electrons. The van der Waals surface area contributed by atoms with Crippen LogP contribution in [0.5, 0.6) is 0 Å². The zero-order chi connectivity index (χ0) is 17.4. The number of rotatable bonds is 2. The second kappa shape index (κ2) is 6.91. The number of thioether (sulfide) groups is 1. The Morgan fingerprint density at radius 1 is 1.22 bits per heavy atom. The Kier molecular flexibility index (Phi) is 5.54. The van der Waals surface area contributed by atoms with Crippen molar-refractivity contribution in [3.63, 3.8) is 0 Å². The molecule has 23 heavy (non-hydrogen) atoms. The van der Waals surface area contributed by atoms with Gasteiger partial charge in [-0.05, 0) is 52.8 Å². The van der Waals surface area contributed by atoms with Gasteiger partial charge in [-0.1, -0.05) is 35.0 Å². The van der Waals surface area contributed by atoms with Gasteiger partial charge in [0.2, 0.25) is 0 Å². The number of urea groups is 1. The molecule has 1 aliphatic rings. The molecular weight excluding hydrogens is 353 g/mol. The Labute approximate surface area is 151 Å². The molecule has 126 valence electrons. The maximum Gasteiger partial charge on any atom is 0.331 e. The van der Waals surface area contributed by atoms with Crippen molar-refractivity contribution in [2.24, 2.45) is 4.99 Å².